The van der Waals surface area contributed by atoms with Crippen LogP contribution in [0.25, 0.3) is 44.5 Å². The maximum absolute atomic E-state index is 14.8. The number of hydrogen-bond donors (Lipinski definition) is 9. The summed E-state index contributed by atoms with van der Waals surface area (Å²) in [6, 6.07) is 11.3. The van der Waals surface area contributed by atoms with Crippen LogP contribution in [0.5, 0.6) is 0 Å². The number of nitrogens with zero attached hydrogens (tertiary/aromatic N) is 11. The smallest absolute Gasteiger partial charge is 0.329 e. The average molecular weight is 1850 g/mol. The van der Waals surface area contributed by atoms with E-state index in [2.05, 4.69) is 47.1 Å². The molecule has 5 aliphatic heterocycles. The first-order chi connectivity index (χ1) is 64.2. The van der Waals surface area contributed by atoms with Gasteiger partial charge in [0, 0.05) is 140 Å². The summed E-state index contributed by atoms with van der Waals surface area (Å²) in [6.45, 7) is 18.1. The number of anilines is 3. The van der Waals surface area contributed by atoms with Crippen molar-refractivity contribution in [2.24, 2.45) is 35.3 Å². The SMILES string of the molecule is CO[C@H]1C[C@@H]2CC[C@@H](C)[C@@](O)(O2)C(=O)C(=O)N2CCCC[C@H]2C(=O)O[C@H]([C@H](N)C[C@@H]2CC[C@@H](OCc3cccc(-c4cnc(N5CCN(CC6=CN(CCOCCOCCOCCOCCC(=O)NCCCCn7nc(-c8ccc9oc(N)nc9c8)c8c(N)ncnc87)NN6)C(CO)C5)nc4)c3)[C@H](OC)C2)CC(=O)[C@H](C)/C=C(\C)[C@@H](O)[C@@H](OC)C(=O)[C@H](C)C[C@H](C)/C=C/C=C/C=C/1C. The van der Waals surface area contributed by atoms with Gasteiger partial charge in [-0.2, -0.15) is 10.1 Å². The quantitative estimate of drug-likeness (QED) is 0.00811. The molecule has 9 heterocycles. The second kappa shape index (κ2) is 50.0. The second-order valence-corrected chi connectivity index (χ2v) is 35.9. The number of amides is 2. The number of ether oxygens (including phenoxy) is 10. The van der Waals surface area contributed by atoms with Gasteiger partial charge in [-0.3, -0.25) is 33.9 Å². The van der Waals surface area contributed by atoms with Gasteiger partial charge in [0.25, 0.3) is 17.7 Å². The number of carbonyl (C=O) groups is 6. The number of allylic oxidation sites excluding steroid dienone is 6. The number of Topliss-reactive ketones (excluding diaryl/α,β-unsaturated/α-hetero) is 3. The number of piperazine rings is 1. The number of cyclic esters (lactones) is 1. The number of hydrogen-bond acceptors (Lipinski definition) is 34. The van der Waals surface area contributed by atoms with E-state index in [4.69, 9.17) is 84.1 Å². The third-order valence-corrected chi connectivity index (χ3v) is 26.1. The van der Waals surface area contributed by atoms with Crippen molar-refractivity contribution in [3.8, 4) is 22.4 Å². The molecule has 0 radical (unpaired) electrons. The van der Waals surface area contributed by atoms with Crippen molar-refractivity contribution in [3.63, 3.8) is 0 Å². The number of aliphatic hydroxyl groups excluding tert-OH is 2. The number of esters is 1. The van der Waals surface area contributed by atoms with Crippen molar-refractivity contribution >= 4 is 75.0 Å². The average Bonchev–Trinajstić information content (AvgIpc) is 1.52. The molecule has 3 saturated heterocycles. The molecule has 1 unspecified atom stereocenters. The monoisotopic (exact) mass is 1850 g/mol. The molecule has 6 aliphatic rings. The lowest BCUT2D eigenvalue weighted by atomic mass is 9.80. The highest BCUT2D eigenvalue weighted by atomic mass is 16.6. The Bertz CT molecular complexity index is 4990. The van der Waals surface area contributed by atoms with Crippen molar-refractivity contribution < 1.29 is 95.9 Å². The predicted molar refractivity (Wildman–Crippen MR) is 497 cm³/mol. The van der Waals surface area contributed by atoms with Crippen LogP contribution in [0.15, 0.2) is 125 Å². The molecular formula is C96H137N17O20. The summed E-state index contributed by atoms with van der Waals surface area (Å²) >= 11 is 0. The predicted octanol–water partition coefficient (Wildman–Crippen LogP) is 7.37. The molecule has 726 valence electrons. The topological polar surface area (TPSA) is 478 Å². The molecule has 37 heteroatoms. The number of aryl methyl sites for hydroxylation is 1. The zero-order valence-corrected chi connectivity index (χ0v) is 78.2. The fraction of sp³-hybridized carbons (Fsp3) is 0.604. The molecule has 16 atom stereocenters. The summed E-state index contributed by atoms with van der Waals surface area (Å²) in [4.78, 5) is 113. The first kappa shape index (κ1) is 102. The van der Waals surface area contributed by atoms with E-state index in [1.54, 1.807) is 58.7 Å². The first-order valence-corrected chi connectivity index (χ1v) is 46.8. The number of nitrogens with one attached hydrogen (secondary N) is 3. The molecular weight excluding hydrogens is 1710 g/mol. The molecule has 4 fully saturated rings. The second-order valence-electron chi connectivity index (χ2n) is 35.9. The number of benzene rings is 2. The number of aromatic nitrogens is 7. The van der Waals surface area contributed by atoms with E-state index in [9.17, 15) is 44.1 Å². The highest BCUT2D eigenvalue weighted by Gasteiger charge is 2.53. The standard InChI is InChI=1S/C96H137N17O20/c1-60-18-11-10-12-19-61(2)80(123-7)50-73-26-23-65(6)96(122,133-73)89(119)92(120)112-31-15-13-22-76(112)93(121)131-81(51-77(115)62(3)45-64(5)87(118)88(125-9)86(117)63(4)44-60)74(97)47-66-24-27-79(82(48-66)124-8)130-58-67-20-17-21-68(46-67)70-52-101-95(102-53-70)110-34-33-109(72(56-110)57-114)54-71-55-111(108-106-71)35-37-127-39-41-129-43-42-128-40-38-126-36-29-83(116)100-30-14-16-32-113-91-84(90(98)103-59-104-91)85(107-113)69-25-28-78-75(49-69)105-94(99)132-78/h10-12,17-21,25,28,45-46,49,52-53,55,59-60,62-63,65-66,72-74,76,79-82,87-88,106,108,114,118,122H,13-16,22-24,26-27,29-44,47-48,50-51,54,56-58,97H2,1-9H3,(H2,99,105)(H,100,116)(H2,98,103,104)/b12-10+,18-11+,61-19+,64-45+/t60-,62-,63-,65-,66+,72?,73+,74-,76+,79-,80+,81+,82-,87-,88+,96-/m1/s1. The first-order valence-electron chi connectivity index (χ1n) is 46.8. The van der Waals surface area contributed by atoms with Crippen LogP contribution in [-0.4, -0.2) is 293 Å². The van der Waals surface area contributed by atoms with Crippen molar-refractivity contribution in [2.45, 2.75) is 218 Å². The molecule has 12 rings (SSSR count). The number of aliphatic hydroxyl groups is 3. The summed E-state index contributed by atoms with van der Waals surface area (Å²) < 4.78 is 67.0. The molecule has 2 aromatic carbocycles. The van der Waals surface area contributed by atoms with Gasteiger partial charge in [-0.1, -0.05) is 82.4 Å². The van der Waals surface area contributed by atoms with E-state index in [0.29, 0.717) is 195 Å². The van der Waals surface area contributed by atoms with Gasteiger partial charge in [-0.15, -0.1) is 5.53 Å². The maximum Gasteiger partial charge on any atom is 0.329 e. The van der Waals surface area contributed by atoms with E-state index < -0.39 is 83.8 Å². The highest BCUT2D eigenvalue weighted by molar-refractivity contribution is 6.39. The Morgan fingerprint density at radius 1 is 0.774 bits per heavy atom. The van der Waals surface area contributed by atoms with E-state index in [1.807, 2.05) is 98.2 Å². The van der Waals surface area contributed by atoms with Gasteiger partial charge < -0.3 is 105 Å². The summed E-state index contributed by atoms with van der Waals surface area (Å²) in [5.41, 5.74) is 33.7. The number of nitrogen functional groups attached to an aromatic ring is 2. The van der Waals surface area contributed by atoms with Gasteiger partial charge in [-0.25, -0.2) is 29.4 Å². The number of nitrogens with two attached hydrogens (primary N) is 3. The third-order valence-electron chi connectivity index (χ3n) is 26.1. The summed E-state index contributed by atoms with van der Waals surface area (Å²) in [6.07, 6.45) is 18.8. The van der Waals surface area contributed by atoms with Crippen LogP contribution in [0.3, 0.4) is 0 Å². The lowest BCUT2D eigenvalue weighted by Crippen LogP contribution is -2.61. The molecule has 0 spiro atoms. The van der Waals surface area contributed by atoms with Crippen molar-refractivity contribution in [1.82, 2.24) is 65.8 Å². The maximum atomic E-state index is 14.8. The number of carbonyl (C=O) groups excluding carboxylic acids is 6. The van der Waals surface area contributed by atoms with E-state index in [0.717, 1.165) is 51.3 Å². The van der Waals surface area contributed by atoms with Crippen LogP contribution in [0.4, 0.5) is 17.8 Å². The fourth-order valence-electron chi connectivity index (χ4n) is 18.3. The van der Waals surface area contributed by atoms with E-state index in [1.165, 1.54) is 13.4 Å². The number of rotatable bonds is 35. The lowest BCUT2D eigenvalue weighted by molar-refractivity contribution is -0.265. The Morgan fingerprint density at radius 3 is 2.29 bits per heavy atom. The number of oxazole rings is 1. The summed E-state index contributed by atoms with van der Waals surface area (Å²) in [7, 11) is 4.58. The normalized spacial score (nSPS) is 27.8. The molecule has 2 amide bonds. The number of methoxy groups -OCH3 is 3. The lowest BCUT2D eigenvalue weighted by Gasteiger charge is -2.42. The molecule has 37 nitrogen and oxygen atoms in total. The van der Waals surface area contributed by atoms with Crippen molar-refractivity contribution in [2.75, 3.05) is 143 Å². The van der Waals surface area contributed by atoms with E-state index >= 15 is 0 Å². The zero-order valence-electron chi connectivity index (χ0n) is 78.2. The summed E-state index contributed by atoms with van der Waals surface area (Å²) in [5, 5.41) is 44.9. The molecule has 1 saturated carbocycles. The number of fused-ring (bicyclic) bond motifs is 5. The Kier molecular flexibility index (Phi) is 38.4. The third kappa shape index (κ3) is 27.9. The van der Waals surface area contributed by atoms with Gasteiger partial charge in [-0.05, 0) is 149 Å². The highest BCUT2D eigenvalue weighted by Crippen LogP contribution is 2.40. The molecule has 2 bridgehead atoms. The molecule has 6 aromatic rings. The van der Waals surface area contributed by atoms with Crippen molar-refractivity contribution in [1.29, 1.82) is 0 Å². The Labute approximate surface area is 777 Å². The number of ketones is 3. The van der Waals surface area contributed by atoms with Crippen LogP contribution in [0.2, 0.25) is 0 Å². The fourth-order valence-corrected chi connectivity index (χ4v) is 18.3. The largest absolute Gasteiger partial charge is 0.459 e. The molecule has 4 aromatic heterocycles. The van der Waals surface area contributed by atoms with Crippen LogP contribution >= 0.6 is 0 Å². The summed E-state index contributed by atoms with van der Waals surface area (Å²) in [5.74, 6) is -7.65. The molecule has 133 heavy (non-hydrogen) atoms. The Morgan fingerprint density at radius 2 is 1.54 bits per heavy atom. The molecule has 12 N–H and O–H groups in total. The van der Waals surface area contributed by atoms with Gasteiger partial charge in [0.05, 0.1) is 114 Å². The van der Waals surface area contributed by atoms with Gasteiger partial charge >= 0.3 is 5.97 Å². The number of unbranched alkanes of at least 4 members (excludes halogenated alkanes) is 1. The van der Waals surface area contributed by atoms with Crippen LogP contribution in [-0.2, 0) is 89.3 Å². The molecule has 1 aliphatic carbocycles. The Hall–Kier alpha value is -9.94. The minimum atomic E-state index is -2.50. The number of hydrazine groups is 2. The zero-order chi connectivity index (χ0) is 94.7. The minimum absolute atomic E-state index is 0.0238. The van der Waals surface area contributed by atoms with Gasteiger partial charge in [0.15, 0.2) is 17.0 Å². The van der Waals surface area contributed by atoms with Crippen molar-refractivity contribution in [3.05, 3.63) is 126 Å². The van der Waals surface area contributed by atoms with Crippen LogP contribution in [0.1, 0.15) is 143 Å². The van der Waals surface area contributed by atoms with Crippen LogP contribution in [0, 0.1) is 29.6 Å². The van der Waals surface area contributed by atoms with E-state index in [-0.39, 0.29) is 106 Å². The number of piperidine rings is 1. The van der Waals surface area contributed by atoms with Gasteiger partial charge in [0.2, 0.25) is 17.6 Å². The van der Waals surface area contributed by atoms with Gasteiger partial charge in [0.1, 0.15) is 53.5 Å². The van der Waals surface area contributed by atoms with Crippen LogP contribution < -0.4 is 38.4 Å². The Balaban J connectivity index is 0.548. The minimum Gasteiger partial charge on any atom is -0.459 e.